The molecule has 2 heteroatoms. The summed E-state index contributed by atoms with van der Waals surface area (Å²) in [7, 11) is -1.82. The normalized spacial score (nSPS) is 14.1. The van der Waals surface area contributed by atoms with Crippen LogP contribution >= 0.6 is 0 Å². The summed E-state index contributed by atoms with van der Waals surface area (Å²) >= 11 is 0. The van der Waals surface area contributed by atoms with Gasteiger partial charge in [-0.3, -0.25) is 0 Å². The molecule has 0 aliphatic rings. The molecule has 0 spiro atoms. The van der Waals surface area contributed by atoms with Gasteiger partial charge < -0.3 is 4.43 Å². The Kier molecular flexibility index (Phi) is 9.51. The van der Waals surface area contributed by atoms with Crippen LogP contribution in [0.2, 0.25) is 16.6 Å². The molecule has 0 radical (unpaired) electrons. The Hall–Kier alpha value is -0.263. The largest absolute Gasteiger partial charge is 0.403 e. The average molecular weight is 297 g/mol. The van der Waals surface area contributed by atoms with Crippen LogP contribution in [-0.2, 0) is 4.43 Å². The first-order valence-corrected chi connectivity index (χ1v) is 10.6. The maximum atomic E-state index is 6.65. The number of hydrogen-bond acceptors (Lipinski definition) is 1. The van der Waals surface area contributed by atoms with Gasteiger partial charge in [-0.25, -0.2) is 0 Å². The summed E-state index contributed by atoms with van der Waals surface area (Å²) in [5.41, 5.74) is 1.82. The molecule has 0 saturated carbocycles. The molecule has 1 atom stereocenters. The number of unbranched alkanes of at least 4 members (excludes halogenated alkanes) is 3. The van der Waals surface area contributed by atoms with Crippen molar-refractivity contribution in [3.05, 3.63) is 0 Å². The molecule has 0 N–H and O–H groups in total. The predicted octanol–water partition coefficient (Wildman–Crippen LogP) is 6.15. The van der Waals surface area contributed by atoms with E-state index >= 15 is 0 Å². The molecule has 0 rings (SSSR count). The van der Waals surface area contributed by atoms with E-state index < -0.39 is 8.32 Å². The molecular weight excluding hydrogens is 260 g/mol. The summed E-state index contributed by atoms with van der Waals surface area (Å²) in [5, 5.41) is 0. The van der Waals surface area contributed by atoms with Crippen molar-refractivity contribution in [3.63, 3.8) is 0 Å². The maximum absolute atomic E-state index is 6.65. The van der Waals surface area contributed by atoms with E-state index in [9.17, 15) is 0 Å². The molecule has 118 valence electrons. The zero-order valence-electron chi connectivity index (χ0n) is 14.8. The minimum atomic E-state index is -1.82. The molecule has 0 aromatic rings. The van der Waals surface area contributed by atoms with Crippen molar-refractivity contribution < 1.29 is 4.43 Å². The van der Waals surface area contributed by atoms with Crippen LogP contribution in [0.1, 0.15) is 80.6 Å². The summed E-state index contributed by atoms with van der Waals surface area (Å²) < 4.78 is 6.65. The van der Waals surface area contributed by atoms with Crippen molar-refractivity contribution in [1.82, 2.24) is 0 Å². The first kappa shape index (κ1) is 19.7. The lowest BCUT2D eigenvalue weighted by atomic mass is 10.1. The van der Waals surface area contributed by atoms with E-state index in [0.29, 0.717) is 16.6 Å². The van der Waals surface area contributed by atoms with Crippen molar-refractivity contribution in [2.24, 2.45) is 0 Å². The van der Waals surface area contributed by atoms with Crippen LogP contribution in [0.3, 0.4) is 0 Å². The van der Waals surface area contributed by atoms with Gasteiger partial charge in [0.05, 0.1) is 0 Å². The standard InChI is InChI=1S/C18H36OSi/c1-9-11-12-13-14-18(10-2)19-20(15(3)4,16(5)6)17(7)8/h2,15-18H,9,11-14H2,1,3-8H3. The molecule has 0 fully saturated rings. The van der Waals surface area contributed by atoms with Gasteiger partial charge >= 0.3 is 0 Å². The smallest absolute Gasteiger partial charge is 0.202 e. The van der Waals surface area contributed by atoms with Crippen molar-refractivity contribution in [2.45, 2.75) is 103 Å². The minimum Gasteiger partial charge on any atom is -0.403 e. The third kappa shape index (κ3) is 5.26. The summed E-state index contributed by atoms with van der Waals surface area (Å²) in [6.45, 7) is 16.1. The minimum absolute atomic E-state index is 0.0192. The van der Waals surface area contributed by atoms with Crippen LogP contribution in [0, 0.1) is 12.3 Å². The van der Waals surface area contributed by atoms with Crippen LogP contribution in [0.25, 0.3) is 0 Å². The molecule has 0 aliphatic heterocycles. The molecule has 0 amide bonds. The van der Waals surface area contributed by atoms with Crippen LogP contribution in [0.5, 0.6) is 0 Å². The molecule has 0 bridgehead atoms. The summed E-state index contributed by atoms with van der Waals surface area (Å²) in [4.78, 5) is 0. The summed E-state index contributed by atoms with van der Waals surface area (Å²) in [6.07, 6.45) is 11.8. The fraction of sp³-hybridized carbons (Fsp3) is 0.889. The van der Waals surface area contributed by atoms with Gasteiger partial charge in [-0.2, -0.15) is 0 Å². The lowest BCUT2D eigenvalue weighted by Crippen LogP contribution is -2.50. The topological polar surface area (TPSA) is 9.23 Å². The quantitative estimate of drug-likeness (QED) is 0.267. The Bertz CT molecular complexity index is 267. The van der Waals surface area contributed by atoms with Gasteiger partial charge in [-0.15, -0.1) is 6.42 Å². The van der Waals surface area contributed by atoms with Gasteiger partial charge in [0.15, 0.2) is 0 Å². The Morgan fingerprint density at radius 3 is 1.75 bits per heavy atom. The molecule has 0 aliphatic carbocycles. The van der Waals surface area contributed by atoms with Gasteiger partial charge in [-0.05, 0) is 29.5 Å². The van der Waals surface area contributed by atoms with Crippen molar-refractivity contribution in [3.8, 4) is 12.3 Å². The fourth-order valence-corrected chi connectivity index (χ4v) is 9.08. The van der Waals surface area contributed by atoms with Gasteiger partial charge in [-0.1, -0.05) is 73.6 Å². The van der Waals surface area contributed by atoms with Crippen LogP contribution in [-0.4, -0.2) is 14.4 Å². The second kappa shape index (κ2) is 9.63. The number of terminal acetylenes is 1. The Morgan fingerprint density at radius 1 is 0.900 bits per heavy atom. The molecule has 1 nitrogen and oxygen atoms in total. The molecule has 1 unspecified atom stereocenters. The number of rotatable bonds is 10. The van der Waals surface area contributed by atoms with Crippen LogP contribution in [0.15, 0.2) is 0 Å². The Morgan fingerprint density at radius 2 is 1.40 bits per heavy atom. The van der Waals surface area contributed by atoms with E-state index in [1.54, 1.807) is 0 Å². The van der Waals surface area contributed by atoms with Crippen LogP contribution in [0.4, 0.5) is 0 Å². The Balaban J connectivity index is 4.81. The molecule has 0 aromatic carbocycles. The van der Waals surface area contributed by atoms with E-state index in [2.05, 4.69) is 54.4 Å². The van der Waals surface area contributed by atoms with E-state index in [-0.39, 0.29) is 6.10 Å². The van der Waals surface area contributed by atoms with Gasteiger partial charge in [0, 0.05) is 0 Å². The first-order valence-electron chi connectivity index (χ1n) is 8.46. The second-order valence-corrected chi connectivity index (χ2v) is 12.3. The third-order valence-electron chi connectivity index (χ3n) is 4.56. The van der Waals surface area contributed by atoms with E-state index in [4.69, 9.17) is 10.8 Å². The zero-order valence-corrected chi connectivity index (χ0v) is 15.8. The molecule has 0 aromatic heterocycles. The number of hydrogen-bond donors (Lipinski definition) is 0. The average Bonchev–Trinajstić information content (AvgIpc) is 2.36. The van der Waals surface area contributed by atoms with E-state index in [0.717, 1.165) is 6.42 Å². The third-order valence-corrected chi connectivity index (χ3v) is 10.7. The maximum Gasteiger partial charge on any atom is 0.202 e. The summed E-state index contributed by atoms with van der Waals surface area (Å²) in [5.74, 6) is 2.91. The monoisotopic (exact) mass is 296 g/mol. The SMILES string of the molecule is C#CC(CCCCCC)O[Si](C(C)C)(C(C)C)C(C)C. The van der Waals surface area contributed by atoms with Crippen LogP contribution < -0.4 is 0 Å². The lowest BCUT2D eigenvalue weighted by Gasteiger charge is -2.43. The molecule has 20 heavy (non-hydrogen) atoms. The van der Waals surface area contributed by atoms with E-state index in [1.165, 1.54) is 25.7 Å². The predicted molar refractivity (Wildman–Crippen MR) is 93.5 cm³/mol. The molecule has 0 heterocycles. The summed E-state index contributed by atoms with van der Waals surface area (Å²) in [6, 6.07) is 0. The highest BCUT2D eigenvalue weighted by Crippen LogP contribution is 2.43. The zero-order chi connectivity index (χ0) is 15.8. The van der Waals surface area contributed by atoms with E-state index in [1.807, 2.05) is 0 Å². The van der Waals surface area contributed by atoms with Crippen molar-refractivity contribution in [1.29, 1.82) is 0 Å². The Labute approximate surface area is 129 Å². The first-order chi connectivity index (χ1) is 9.32. The van der Waals surface area contributed by atoms with Crippen molar-refractivity contribution >= 4 is 8.32 Å². The fourth-order valence-electron chi connectivity index (χ4n) is 3.59. The molecular formula is C18H36OSi. The highest BCUT2D eigenvalue weighted by Gasteiger charge is 2.46. The van der Waals surface area contributed by atoms with Gasteiger partial charge in [0.2, 0.25) is 8.32 Å². The molecule has 0 saturated heterocycles. The van der Waals surface area contributed by atoms with Crippen molar-refractivity contribution in [2.75, 3.05) is 0 Å². The highest BCUT2D eigenvalue weighted by atomic mass is 28.4. The lowest BCUT2D eigenvalue weighted by molar-refractivity contribution is 0.211. The second-order valence-electron chi connectivity index (χ2n) is 6.94. The highest BCUT2D eigenvalue weighted by molar-refractivity contribution is 6.77. The van der Waals surface area contributed by atoms with Gasteiger partial charge in [0.1, 0.15) is 6.10 Å². The van der Waals surface area contributed by atoms with Gasteiger partial charge in [0.25, 0.3) is 0 Å².